The fraction of sp³-hybridized carbons (Fsp3) is 0.588. The van der Waals surface area contributed by atoms with Crippen LogP contribution in [0.3, 0.4) is 0 Å². The molecule has 0 heterocycles. The largest absolute Gasteiger partial charge is 0.494 e. The minimum absolute atomic E-state index is 0.0900. The summed E-state index contributed by atoms with van der Waals surface area (Å²) in [5.74, 6) is 0.986. The first-order valence-electron chi connectivity index (χ1n) is 7.89. The van der Waals surface area contributed by atoms with Gasteiger partial charge >= 0.3 is 0 Å². The Bertz CT molecular complexity index is 454. The van der Waals surface area contributed by atoms with Crippen LogP contribution < -0.4 is 15.4 Å². The van der Waals surface area contributed by atoms with Crippen LogP contribution in [0.5, 0.6) is 5.75 Å². The second kappa shape index (κ2) is 7.46. The molecule has 1 aromatic rings. The molecule has 2 unspecified atom stereocenters. The molecule has 1 fully saturated rings. The molecule has 0 bridgehead atoms. The van der Waals surface area contributed by atoms with Crippen molar-refractivity contribution >= 4 is 5.91 Å². The Labute approximate surface area is 127 Å². The zero-order valence-corrected chi connectivity index (χ0v) is 13.2. The van der Waals surface area contributed by atoms with Gasteiger partial charge in [0, 0.05) is 12.1 Å². The second-order valence-corrected chi connectivity index (χ2v) is 5.81. The van der Waals surface area contributed by atoms with Crippen molar-refractivity contribution in [3.05, 3.63) is 29.8 Å². The van der Waals surface area contributed by atoms with Crippen LogP contribution in [0.1, 0.15) is 51.6 Å². The summed E-state index contributed by atoms with van der Waals surface area (Å²) in [4.78, 5) is 11.9. The van der Waals surface area contributed by atoms with Crippen LogP contribution >= 0.6 is 0 Å². The van der Waals surface area contributed by atoms with Gasteiger partial charge < -0.3 is 10.1 Å². The lowest BCUT2D eigenvalue weighted by atomic mass is 10.1. The molecule has 1 saturated carbocycles. The molecule has 0 aromatic heterocycles. The smallest absolute Gasteiger partial charge is 0.237 e. The van der Waals surface area contributed by atoms with Crippen LogP contribution in [0.25, 0.3) is 0 Å². The van der Waals surface area contributed by atoms with Gasteiger partial charge in [-0.3, -0.25) is 10.1 Å². The Morgan fingerprint density at radius 2 is 1.95 bits per heavy atom. The lowest BCUT2D eigenvalue weighted by Crippen LogP contribution is -2.43. The highest BCUT2D eigenvalue weighted by Crippen LogP contribution is 2.20. The zero-order valence-electron chi connectivity index (χ0n) is 13.2. The summed E-state index contributed by atoms with van der Waals surface area (Å²) in [6, 6.07) is 8.42. The van der Waals surface area contributed by atoms with Crippen LogP contribution in [0.4, 0.5) is 0 Å². The molecule has 0 radical (unpaired) electrons. The van der Waals surface area contributed by atoms with Gasteiger partial charge in [-0.2, -0.15) is 0 Å². The average Bonchev–Trinajstić information content (AvgIpc) is 3.29. The summed E-state index contributed by atoms with van der Waals surface area (Å²) in [6.45, 7) is 6.82. The third kappa shape index (κ3) is 5.05. The van der Waals surface area contributed by atoms with E-state index in [2.05, 4.69) is 24.5 Å². The molecule has 116 valence electrons. The van der Waals surface area contributed by atoms with E-state index in [0.717, 1.165) is 37.2 Å². The lowest BCUT2D eigenvalue weighted by Gasteiger charge is -2.20. The van der Waals surface area contributed by atoms with Crippen molar-refractivity contribution in [2.24, 2.45) is 0 Å². The van der Waals surface area contributed by atoms with Crippen LogP contribution in [-0.2, 0) is 4.79 Å². The molecule has 1 aliphatic rings. The minimum Gasteiger partial charge on any atom is -0.494 e. The number of carbonyl (C=O) groups is 1. The van der Waals surface area contributed by atoms with E-state index in [1.54, 1.807) is 0 Å². The number of hydrogen-bond donors (Lipinski definition) is 2. The van der Waals surface area contributed by atoms with Gasteiger partial charge in [0.1, 0.15) is 5.75 Å². The fourth-order valence-electron chi connectivity index (χ4n) is 2.17. The van der Waals surface area contributed by atoms with Gasteiger partial charge in [0.05, 0.1) is 12.6 Å². The number of rotatable bonds is 8. The van der Waals surface area contributed by atoms with E-state index in [0.29, 0.717) is 6.04 Å². The van der Waals surface area contributed by atoms with Crippen molar-refractivity contribution in [1.29, 1.82) is 0 Å². The normalized spacial score (nSPS) is 17.1. The highest BCUT2D eigenvalue weighted by molar-refractivity contribution is 5.81. The molecule has 0 spiro atoms. The average molecular weight is 290 g/mol. The maximum absolute atomic E-state index is 11.9. The maximum Gasteiger partial charge on any atom is 0.237 e. The van der Waals surface area contributed by atoms with Crippen LogP contribution in [0, 0.1) is 0 Å². The van der Waals surface area contributed by atoms with E-state index in [1.807, 2.05) is 31.2 Å². The highest BCUT2D eigenvalue weighted by atomic mass is 16.5. The first-order valence-corrected chi connectivity index (χ1v) is 7.89. The third-order valence-corrected chi connectivity index (χ3v) is 3.67. The number of benzene rings is 1. The number of nitrogens with one attached hydrogen (secondary N) is 2. The monoisotopic (exact) mass is 290 g/mol. The molecule has 4 heteroatoms. The number of ether oxygens (including phenoxy) is 1. The first kappa shape index (κ1) is 15.8. The molecule has 2 N–H and O–H groups in total. The van der Waals surface area contributed by atoms with E-state index in [1.165, 1.54) is 0 Å². The molecule has 21 heavy (non-hydrogen) atoms. The van der Waals surface area contributed by atoms with Crippen LogP contribution in [0.15, 0.2) is 24.3 Å². The van der Waals surface area contributed by atoms with Crippen LogP contribution in [0.2, 0.25) is 0 Å². The third-order valence-electron chi connectivity index (χ3n) is 3.67. The van der Waals surface area contributed by atoms with E-state index in [-0.39, 0.29) is 18.0 Å². The van der Waals surface area contributed by atoms with E-state index < -0.39 is 0 Å². The SMILES string of the molecule is CCCOc1ccc(C(C)NC(C)C(=O)NC2CC2)cc1. The van der Waals surface area contributed by atoms with Gasteiger partial charge in [-0.1, -0.05) is 19.1 Å². The molecular weight excluding hydrogens is 264 g/mol. The van der Waals surface area contributed by atoms with Crippen molar-refractivity contribution < 1.29 is 9.53 Å². The molecule has 2 rings (SSSR count). The van der Waals surface area contributed by atoms with Crippen molar-refractivity contribution in [3.8, 4) is 5.75 Å². The molecule has 2 atom stereocenters. The Morgan fingerprint density at radius 1 is 1.29 bits per heavy atom. The number of amides is 1. The first-order chi connectivity index (χ1) is 10.1. The Balaban J connectivity index is 1.83. The van der Waals surface area contributed by atoms with Gasteiger partial charge in [-0.15, -0.1) is 0 Å². The molecule has 4 nitrogen and oxygen atoms in total. The van der Waals surface area contributed by atoms with Crippen LogP contribution in [-0.4, -0.2) is 24.6 Å². The van der Waals surface area contributed by atoms with E-state index in [9.17, 15) is 4.79 Å². The van der Waals surface area contributed by atoms with Gasteiger partial charge in [-0.25, -0.2) is 0 Å². The molecule has 0 saturated heterocycles. The summed E-state index contributed by atoms with van der Waals surface area (Å²) in [5.41, 5.74) is 1.16. The fourth-order valence-corrected chi connectivity index (χ4v) is 2.17. The topological polar surface area (TPSA) is 50.4 Å². The summed E-state index contributed by atoms with van der Waals surface area (Å²) in [7, 11) is 0. The second-order valence-electron chi connectivity index (χ2n) is 5.81. The molecule has 0 aliphatic heterocycles. The van der Waals surface area contributed by atoms with Gasteiger partial charge in [0.2, 0.25) is 5.91 Å². The standard InChI is InChI=1S/C17H26N2O2/c1-4-11-21-16-9-5-14(6-10-16)12(2)18-13(3)17(20)19-15-7-8-15/h5-6,9-10,12-13,15,18H,4,7-8,11H2,1-3H3,(H,19,20). The van der Waals surface area contributed by atoms with Gasteiger partial charge in [0.15, 0.2) is 0 Å². The Kier molecular flexibility index (Phi) is 5.62. The summed E-state index contributed by atoms with van der Waals surface area (Å²) in [5, 5.41) is 6.36. The summed E-state index contributed by atoms with van der Waals surface area (Å²) in [6.07, 6.45) is 3.24. The lowest BCUT2D eigenvalue weighted by molar-refractivity contribution is -0.123. The molecule has 1 amide bonds. The van der Waals surface area contributed by atoms with Gasteiger partial charge in [0.25, 0.3) is 0 Å². The maximum atomic E-state index is 11.9. The molecule has 1 aromatic carbocycles. The highest BCUT2D eigenvalue weighted by Gasteiger charge is 2.26. The summed E-state index contributed by atoms with van der Waals surface area (Å²) < 4.78 is 5.58. The Morgan fingerprint density at radius 3 is 2.52 bits per heavy atom. The van der Waals surface area contributed by atoms with Crippen molar-refractivity contribution in [2.45, 2.75) is 58.2 Å². The van der Waals surface area contributed by atoms with Crippen molar-refractivity contribution in [1.82, 2.24) is 10.6 Å². The quantitative estimate of drug-likeness (QED) is 0.774. The molecule has 1 aliphatic carbocycles. The van der Waals surface area contributed by atoms with E-state index >= 15 is 0 Å². The predicted molar refractivity (Wildman–Crippen MR) is 84.4 cm³/mol. The minimum atomic E-state index is -0.184. The summed E-state index contributed by atoms with van der Waals surface area (Å²) >= 11 is 0. The molecular formula is C17H26N2O2. The predicted octanol–water partition coefficient (Wildman–Crippen LogP) is 2.79. The van der Waals surface area contributed by atoms with E-state index in [4.69, 9.17) is 4.74 Å². The number of carbonyl (C=O) groups excluding carboxylic acids is 1. The zero-order chi connectivity index (χ0) is 15.2. The Hall–Kier alpha value is -1.55. The van der Waals surface area contributed by atoms with Gasteiger partial charge in [-0.05, 0) is 50.8 Å². The van der Waals surface area contributed by atoms with Crippen molar-refractivity contribution in [3.63, 3.8) is 0 Å². The van der Waals surface area contributed by atoms with Crippen molar-refractivity contribution in [2.75, 3.05) is 6.61 Å². The number of hydrogen-bond acceptors (Lipinski definition) is 3.